The number of nitrogens with zero attached hydrogens (tertiary/aromatic N) is 4. The van der Waals surface area contributed by atoms with Crippen molar-refractivity contribution in [1.82, 2.24) is 15.3 Å². The summed E-state index contributed by atoms with van der Waals surface area (Å²) in [5, 5.41) is 2.69. The number of ether oxygens (including phenoxy) is 3. The summed E-state index contributed by atoms with van der Waals surface area (Å²) in [5.74, 6) is 0.918. The van der Waals surface area contributed by atoms with Gasteiger partial charge in [-0.05, 0) is 56.3 Å². The molecular formula is C37H46N6O5. The highest BCUT2D eigenvalue weighted by Gasteiger charge is 2.28. The molecule has 48 heavy (non-hydrogen) atoms. The number of carbonyl (C=O) groups excluding carboxylic acids is 2. The van der Waals surface area contributed by atoms with Crippen molar-refractivity contribution in [2.75, 3.05) is 57.2 Å². The number of benzene rings is 2. The van der Waals surface area contributed by atoms with Gasteiger partial charge in [0.2, 0.25) is 11.8 Å². The lowest BCUT2D eigenvalue weighted by Crippen LogP contribution is -2.28. The molecule has 2 aromatic heterocycles. The van der Waals surface area contributed by atoms with Gasteiger partial charge >= 0.3 is 5.97 Å². The number of pyridine rings is 2. The Morgan fingerprint density at radius 1 is 0.729 bits per heavy atom. The Bertz CT molecular complexity index is 1490. The van der Waals surface area contributed by atoms with Crippen molar-refractivity contribution in [3.63, 3.8) is 0 Å². The average Bonchev–Trinajstić information content (AvgIpc) is 3.80. The molecule has 3 N–H and O–H groups in total. The summed E-state index contributed by atoms with van der Waals surface area (Å²) >= 11 is 0. The number of rotatable bonds is 8. The molecule has 1 amide bonds. The Labute approximate surface area is 283 Å². The fourth-order valence-electron chi connectivity index (χ4n) is 5.58. The Morgan fingerprint density at radius 3 is 1.62 bits per heavy atom. The van der Waals surface area contributed by atoms with Gasteiger partial charge in [0, 0.05) is 63.2 Å². The first-order valence-electron chi connectivity index (χ1n) is 16.1. The van der Waals surface area contributed by atoms with Crippen LogP contribution in [-0.2, 0) is 4.74 Å². The Balaban J connectivity index is 0.000000206. The number of para-hydroxylation sites is 2. The van der Waals surface area contributed by atoms with Crippen molar-refractivity contribution in [1.29, 1.82) is 0 Å². The molecule has 11 nitrogen and oxygen atoms in total. The van der Waals surface area contributed by atoms with E-state index in [9.17, 15) is 9.59 Å². The zero-order valence-corrected chi connectivity index (χ0v) is 28.4. The van der Waals surface area contributed by atoms with Crippen LogP contribution in [0.2, 0.25) is 0 Å². The summed E-state index contributed by atoms with van der Waals surface area (Å²) in [6.45, 7) is 7.18. The van der Waals surface area contributed by atoms with Crippen LogP contribution in [0.4, 0.5) is 11.4 Å². The number of carbonyl (C=O) groups is 2. The summed E-state index contributed by atoms with van der Waals surface area (Å²) in [5.41, 5.74) is 9.85. The van der Waals surface area contributed by atoms with E-state index in [1.807, 2.05) is 86.8 Å². The van der Waals surface area contributed by atoms with E-state index in [1.54, 1.807) is 19.3 Å². The zero-order valence-electron chi connectivity index (χ0n) is 28.4. The van der Waals surface area contributed by atoms with Crippen LogP contribution in [0.1, 0.15) is 44.7 Å². The highest BCUT2D eigenvalue weighted by molar-refractivity contribution is 5.99. The van der Waals surface area contributed by atoms with Gasteiger partial charge in [0.25, 0.3) is 5.91 Å². The molecule has 0 unspecified atom stereocenters. The van der Waals surface area contributed by atoms with E-state index < -0.39 is 0 Å². The predicted molar refractivity (Wildman–Crippen MR) is 188 cm³/mol. The third-order valence-electron chi connectivity index (χ3n) is 8.00. The topological polar surface area (TPSA) is 132 Å². The van der Waals surface area contributed by atoms with Crippen LogP contribution < -0.4 is 30.3 Å². The fourth-order valence-corrected chi connectivity index (χ4v) is 5.58. The molecule has 2 aliphatic heterocycles. The van der Waals surface area contributed by atoms with Gasteiger partial charge in [0.15, 0.2) is 0 Å². The molecule has 4 aromatic rings. The number of anilines is 2. The Morgan fingerprint density at radius 2 is 1.19 bits per heavy atom. The maximum absolute atomic E-state index is 12.0. The van der Waals surface area contributed by atoms with Gasteiger partial charge in [-0.15, -0.1) is 0 Å². The first-order valence-corrected chi connectivity index (χ1v) is 16.1. The summed E-state index contributed by atoms with van der Waals surface area (Å²) in [7, 11) is 4.55. The highest BCUT2D eigenvalue weighted by atomic mass is 16.5. The number of esters is 1. The van der Waals surface area contributed by atoms with Gasteiger partial charge in [0.05, 0.1) is 37.0 Å². The summed E-state index contributed by atoms with van der Waals surface area (Å²) in [4.78, 5) is 36.9. The molecule has 2 aromatic carbocycles. The zero-order chi connectivity index (χ0) is 34.5. The normalized spacial score (nSPS) is 16.5. The van der Waals surface area contributed by atoms with E-state index in [4.69, 9.17) is 14.2 Å². The van der Waals surface area contributed by atoms with Crippen molar-refractivity contribution >= 4 is 23.3 Å². The number of nitrogens with two attached hydrogens (primary N) is 1. The van der Waals surface area contributed by atoms with E-state index in [2.05, 4.69) is 30.8 Å². The maximum atomic E-state index is 12.0. The van der Waals surface area contributed by atoms with Crippen LogP contribution in [0.15, 0.2) is 85.2 Å². The number of nitrogens with one attached hydrogen (secondary N) is 1. The number of amides is 1. The molecule has 254 valence electrons. The van der Waals surface area contributed by atoms with Crippen molar-refractivity contribution in [3.8, 4) is 11.8 Å². The second kappa shape index (κ2) is 17.7. The minimum atomic E-state index is -0.315. The monoisotopic (exact) mass is 654 g/mol. The second-order valence-electron chi connectivity index (χ2n) is 11.4. The number of aromatic nitrogens is 2. The SMILES string of the molecule is CN.CNC(=O)c1ccccc1N1CC[C@H](Oc2ccc(C)cn2)C1.COC(=O)c1ccccc1N1CC[C@H](Oc2ccc(C)cn2)C1. The van der Waals surface area contributed by atoms with Gasteiger partial charge < -0.3 is 35.1 Å². The van der Waals surface area contributed by atoms with Gasteiger partial charge in [-0.1, -0.05) is 36.4 Å². The fraction of sp³-hybridized carbons (Fsp3) is 0.351. The molecule has 0 aliphatic carbocycles. The predicted octanol–water partition coefficient (Wildman–Crippen LogP) is 4.82. The number of aryl methyl sites for hydroxylation is 2. The van der Waals surface area contributed by atoms with Crippen LogP contribution in [0.25, 0.3) is 0 Å². The summed E-state index contributed by atoms with van der Waals surface area (Å²) in [6.07, 6.45) is 5.57. The molecule has 2 atom stereocenters. The molecule has 4 heterocycles. The third kappa shape index (κ3) is 9.45. The van der Waals surface area contributed by atoms with Crippen LogP contribution in [0, 0.1) is 13.8 Å². The van der Waals surface area contributed by atoms with Crippen LogP contribution in [0.3, 0.4) is 0 Å². The van der Waals surface area contributed by atoms with Crippen LogP contribution in [0.5, 0.6) is 11.8 Å². The molecule has 2 saturated heterocycles. The van der Waals surface area contributed by atoms with Gasteiger partial charge in [-0.3, -0.25) is 4.79 Å². The molecule has 11 heteroatoms. The number of hydrogen-bond donors (Lipinski definition) is 2. The van der Waals surface area contributed by atoms with E-state index in [0.29, 0.717) is 22.9 Å². The minimum Gasteiger partial charge on any atom is -0.472 e. The van der Waals surface area contributed by atoms with Gasteiger partial charge in [-0.2, -0.15) is 0 Å². The molecular weight excluding hydrogens is 608 g/mol. The van der Waals surface area contributed by atoms with E-state index in [0.717, 1.165) is 61.5 Å². The number of methoxy groups -OCH3 is 1. The van der Waals surface area contributed by atoms with Gasteiger partial charge in [0.1, 0.15) is 12.2 Å². The van der Waals surface area contributed by atoms with Crippen LogP contribution >= 0.6 is 0 Å². The molecule has 2 fully saturated rings. The van der Waals surface area contributed by atoms with E-state index in [1.165, 1.54) is 14.2 Å². The lowest BCUT2D eigenvalue weighted by Gasteiger charge is -2.21. The Hall–Kier alpha value is -5.16. The third-order valence-corrected chi connectivity index (χ3v) is 8.00. The second-order valence-corrected chi connectivity index (χ2v) is 11.4. The lowest BCUT2D eigenvalue weighted by molar-refractivity contribution is 0.0601. The molecule has 0 spiro atoms. The van der Waals surface area contributed by atoms with E-state index >= 15 is 0 Å². The highest BCUT2D eigenvalue weighted by Crippen LogP contribution is 2.28. The summed E-state index contributed by atoms with van der Waals surface area (Å²) in [6, 6.07) is 22.9. The average molecular weight is 655 g/mol. The quantitative estimate of drug-likeness (QED) is 0.255. The molecule has 0 saturated carbocycles. The minimum absolute atomic E-state index is 0.0647. The summed E-state index contributed by atoms with van der Waals surface area (Å²) < 4.78 is 16.8. The largest absolute Gasteiger partial charge is 0.472 e. The van der Waals surface area contributed by atoms with Crippen molar-refractivity contribution < 1.29 is 23.8 Å². The maximum Gasteiger partial charge on any atom is 0.339 e. The smallest absolute Gasteiger partial charge is 0.339 e. The lowest BCUT2D eigenvalue weighted by atomic mass is 10.1. The molecule has 0 radical (unpaired) electrons. The first kappa shape index (κ1) is 35.7. The van der Waals surface area contributed by atoms with E-state index in [-0.39, 0.29) is 24.1 Å². The first-order chi connectivity index (χ1) is 23.3. The van der Waals surface area contributed by atoms with Crippen molar-refractivity contribution in [3.05, 3.63) is 107 Å². The van der Waals surface area contributed by atoms with Crippen molar-refractivity contribution in [2.24, 2.45) is 5.73 Å². The standard InChI is InChI=1S/C18H21N3O2.C18H20N2O3.CH5N/c1-13-7-8-17(20-11-13)23-14-9-10-21(12-14)16-6-4-3-5-15(16)18(22)19-2;1-13-7-8-17(19-11-13)23-14-9-10-20(12-14)16-6-4-3-5-15(16)18(21)22-2;1-2/h3-8,11,14H,9-10,12H2,1-2H3,(H,19,22);3-8,11,14H,9-10,12H2,1-2H3;2H2,1H3/t2*14-;/m00./s1. The van der Waals surface area contributed by atoms with Crippen molar-refractivity contribution in [2.45, 2.75) is 38.9 Å². The molecule has 0 bridgehead atoms. The molecule has 2 aliphatic rings. The number of hydrogen-bond acceptors (Lipinski definition) is 10. The van der Waals surface area contributed by atoms with Gasteiger partial charge in [-0.25, -0.2) is 14.8 Å². The Kier molecular flexibility index (Phi) is 13.1. The van der Waals surface area contributed by atoms with Crippen LogP contribution in [-0.4, -0.2) is 81.4 Å². The molecule has 6 rings (SSSR count).